The maximum Gasteiger partial charge on any atom is 0.176 e. The van der Waals surface area contributed by atoms with Crippen LogP contribution in [0.5, 0.6) is 0 Å². The first kappa shape index (κ1) is 11.9. The van der Waals surface area contributed by atoms with Gasteiger partial charge in [0.1, 0.15) is 0 Å². The van der Waals surface area contributed by atoms with Crippen LogP contribution in [0.4, 0.5) is 0 Å². The minimum atomic E-state index is -3.31. The van der Waals surface area contributed by atoms with Crippen molar-refractivity contribution in [1.82, 2.24) is 15.0 Å². The molecular weight excluding hydrogens is 262 g/mol. The van der Waals surface area contributed by atoms with E-state index in [1.165, 1.54) is 6.26 Å². The molecule has 0 amide bonds. The summed E-state index contributed by atoms with van der Waals surface area (Å²) < 4.78 is 23.6. The van der Waals surface area contributed by atoms with Crippen LogP contribution in [0, 0.1) is 0 Å². The molecule has 0 aliphatic heterocycles. The molecule has 3 rings (SSSR count). The molecule has 0 saturated heterocycles. The van der Waals surface area contributed by atoms with E-state index >= 15 is 0 Å². The molecule has 0 saturated carbocycles. The van der Waals surface area contributed by atoms with Crippen molar-refractivity contribution in [2.45, 2.75) is 4.90 Å². The highest BCUT2D eigenvalue weighted by molar-refractivity contribution is 7.90. The van der Waals surface area contributed by atoms with Crippen molar-refractivity contribution < 1.29 is 8.42 Å². The maximum absolute atomic E-state index is 11.8. The molecule has 6 heteroatoms. The first-order valence-electron chi connectivity index (χ1n) is 5.65. The van der Waals surface area contributed by atoms with Gasteiger partial charge in [-0.25, -0.2) is 18.4 Å². The fourth-order valence-corrected chi connectivity index (χ4v) is 2.83. The van der Waals surface area contributed by atoms with E-state index in [0.717, 1.165) is 11.0 Å². The summed E-state index contributed by atoms with van der Waals surface area (Å²) in [5.74, 6) is 0.410. The number of H-pyrrole nitrogens is 1. The quantitative estimate of drug-likeness (QED) is 0.775. The van der Waals surface area contributed by atoms with Crippen molar-refractivity contribution in [3.63, 3.8) is 0 Å². The second-order valence-electron chi connectivity index (χ2n) is 4.24. The second kappa shape index (κ2) is 4.17. The number of benzene rings is 1. The number of hydrogen-bond acceptors (Lipinski definition) is 4. The van der Waals surface area contributed by atoms with Crippen LogP contribution >= 0.6 is 0 Å². The van der Waals surface area contributed by atoms with Gasteiger partial charge in [0.15, 0.2) is 15.7 Å². The van der Waals surface area contributed by atoms with Gasteiger partial charge < -0.3 is 4.98 Å². The summed E-state index contributed by atoms with van der Waals surface area (Å²) in [4.78, 5) is 11.8. The number of aromatic nitrogens is 3. The SMILES string of the molecule is CS(=O)(=O)c1ccccc1-c1ncc2[nH]ccc2n1. The zero-order chi connectivity index (χ0) is 13.5. The molecule has 2 heterocycles. The first-order valence-corrected chi connectivity index (χ1v) is 7.54. The Morgan fingerprint density at radius 1 is 1.16 bits per heavy atom. The molecule has 5 nitrogen and oxygen atoms in total. The number of fused-ring (bicyclic) bond motifs is 1. The van der Waals surface area contributed by atoms with E-state index in [4.69, 9.17) is 0 Å². The average Bonchev–Trinajstić information content (AvgIpc) is 2.85. The molecule has 96 valence electrons. The zero-order valence-electron chi connectivity index (χ0n) is 10.2. The summed E-state index contributed by atoms with van der Waals surface area (Å²) in [5.41, 5.74) is 2.10. The number of sulfone groups is 1. The predicted molar refractivity (Wildman–Crippen MR) is 72.4 cm³/mol. The number of nitrogens with zero attached hydrogens (tertiary/aromatic N) is 2. The van der Waals surface area contributed by atoms with E-state index < -0.39 is 9.84 Å². The molecular formula is C13H11N3O2S. The molecule has 3 aromatic rings. The average molecular weight is 273 g/mol. The van der Waals surface area contributed by atoms with Gasteiger partial charge in [0, 0.05) is 18.0 Å². The fraction of sp³-hybridized carbons (Fsp3) is 0.0769. The lowest BCUT2D eigenvalue weighted by atomic mass is 10.2. The monoisotopic (exact) mass is 273 g/mol. The Morgan fingerprint density at radius 2 is 1.95 bits per heavy atom. The third-order valence-corrected chi connectivity index (χ3v) is 3.98. The molecule has 0 aliphatic carbocycles. The van der Waals surface area contributed by atoms with Crippen LogP contribution in [0.25, 0.3) is 22.4 Å². The molecule has 0 aliphatic rings. The van der Waals surface area contributed by atoms with Gasteiger partial charge in [0.2, 0.25) is 0 Å². The molecule has 19 heavy (non-hydrogen) atoms. The van der Waals surface area contributed by atoms with Gasteiger partial charge in [0.25, 0.3) is 0 Å². The summed E-state index contributed by atoms with van der Waals surface area (Å²) in [6.45, 7) is 0. The van der Waals surface area contributed by atoms with Gasteiger partial charge in [0.05, 0.1) is 22.1 Å². The molecule has 1 aromatic carbocycles. The summed E-state index contributed by atoms with van der Waals surface area (Å²) in [7, 11) is -3.31. The highest BCUT2D eigenvalue weighted by atomic mass is 32.2. The topological polar surface area (TPSA) is 75.7 Å². The highest BCUT2D eigenvalue weighted by Crippen LogP contribution is 2.25. The van der Waals surface area contributed by atoms with Crippen molar-refractivity contribution in [3.05, 3.63) is 42.7 Å². The van der Waals surface area contributed by atoms with Gasteiger partial charge >= 0.3 is 0 Å². The maximum atomic E-state index is 11.8. The first-order chi connectivity index (χ1) is 9.05. The van der Waals surface area contributed by atoms with E-state index in [2.05, 4.69) is 15.0 Å². The van der Waals surface area contributed by atoms with Crippen LogP contribution in [0.1, 0.15) is 0 Å². The van der Waals surface area contributed by atoms with Crippen molar-refractivity contribution >= 4 is 20.9 Å². The summed E-state index contributed by atoms with van der Waals surface area (Å²) in [6, 6.07) is 8.56. The number of nitrogens with one attached hydrogen (secondary N) is 1. The number of hydrogen-bond donors (Lipinski definition) is 1. The van der Waals surface area contributed by atoms with E-state index in [0.29, 0.717) is 11.4 Å². The smallest absolute Gasteiger partial charge is 0.176 e. The summed E-state index contributed by atoms with van der Waals surface area (Å²) in [5, 5.41) is 0. The lowest BCUT2D eigenvalue weighted by Gasteiger charge is -2.06. The third kappa shape index (κ3) is 2.10. The van der Waals surface area contributed by atoms with Crippen LogP contribution < -0.4 is 0 Å². The van der Waals surface area contributed by atoms with Gasteiger partial charge in [-0.2, -0.15) is 0 Å². The standard InChI is InChI=1S/C13H11N3O2S/c1-19(17,18)12-5-3-2-4-9(12)13-15-8-11-10(16-13)6-7-14-11/h2-8,14H,1H3. The second-order valence-corrected chi connectivity index (χ2v) is 6.22. The normalized spacial score (nSPS) is 11.8. The Kier molecular flexibility index (Phi) is 2.60. The van der Waals surface area contributed by atoms with Crippen LogP contribution in [0.2, 0.25) is 0 Å². The molecule has 0 unspecified atom stereocenters. The summed E-state index contributed by atoms with van der Waals surface area (Å²) >= 11 is 0. The summed E-state index contributed by atoms with van der Waals surface area (Å²) in [6.07, 6.45) is 4.60. The van der Waals surface area contributed by atoms with Gasteiger partial charge in [-0.3, -0.25) is 0 Å². The van der Waals surface area contributed by atoms with Crippen LogP contribution in [-0.4, -0.2) is 29.6 Å². The van der Waals surface area contributed by atoms with Crippen molar-refractivity contribution in [2.24, 2.45) is 0 Å². The van der Waals surface area contributed by atoms with Crippen LogP contribution in [0.15, 0.2) is 47.6 Å². The van der Waals surface area contributed by atoms with E-state index in [9.17, 15) is 8.42 Å². The van der Waals surface area contributed by atoms with Gasteiger partial charge in [-0.05, 0) is 18.2 Å². The van der Waals surface area contributed by atoms with E-state index in [1.807, 2.05) is 6.07 Å². The number of aromatic amines is 1. The zero-order valence-corrected chi connectivity index (χ0v) is 11.0. The lowest BCUT2D eigenvalue weighted by Crippen LogP contribution is -2.01. The Labute approximate surface area is 110 Å². The van der Waals surface area contributed by atoms with Crippen molar-refractivity contribution in [1.29, 1.82) is 0 Å². The Morgan fingerprint density at radius 3 is 2.74 bits per heavy atom. The van der Waals surface area contributed by atoms with Gasteiger partial charge in [-0.15, -0.1) is 0 Å². The van der Waals surface area contributed by atoms with Crippen molar-refractivity contribution in [2.75, 3.05) is 6.26 Å². The Hall–Kier alpha value is -2.21. The fourth-order valence-electron chi connectivity index (χ4n) is 1.95. The number of rotatable bonds is 2. The predicted octanol–water partition coefficient (Wildman–Crippen LogP) is 2.03. The molecule has 0 fully saturated rings. The van der Waals surface area contributed by atoms with Crippen LogP contribution in [0.3, 0.4) is 0 Å². The minimum Gasteiger partial charge on any atom is -0.359 e. The molecule has 0 spiro atoms. The molecule has 0 atom stereocenters. The molecule has 0 bridgehead atoms. The molecule has 2 aromatic heterocycles. The minimum absolute atomic E-state index is 0.241. The molecule has 0 radical (unpaired) electrons. The Balaban J connectivity index is 2.27. The lowest BCUT2D eigenvalue weighted by molar-refractivity contribution is 0.602. The molecule has 1 N–H and O–H groups in total. The highest BCUT2D eigenvalue weighted by Gasteiger charge is 2.16. The van der Waals surface area contributed by atoms with E-state index in [1.54, 1.807) is 36.7 Å². The van der Waals surface area contributed by atoms with Crippen molar-refractivity contribution in [3.8, 4) is 11.4 Å². The largest absolute Gasteiger partial charge is 0.359 e. The van der Waals surface area contributed by atoms with E-state index in [-0.39, 0.29) is 4.90 Å². The Bertz CT molecular complexity index is 853. The third-order valence-electron chi connectivity index (χ3n) is 2.83. The van der Waals surface area contributed by atoms with Gasteiger partial charge in [-0.1, -0.05) is 12.1 Å². The van der Waals surface area contributed by atoms with Crippen LogP contribution in [-0.2, 0) is 9.84 Å².